The molecule has 0 heterocycles. The number of nitrogens with zero attached hydrogens (tertiary/aromatic N) is 1. The van der Waals surface area contributed by atoms with E-state index in [9.17, 15) is 18.4 Å². The Hall–Kier alpha value is -2.76. The molecule has 2 aromatic carbocycles. The highest BCUT2D eigenvalue weighted by Crippen LogP contribution is 2.14. The van der Waals surface area contributed by atoms with E-state index in [1.54, 1.807) is 43.1 Å². The van der Waals surface area contributed by atoms with Crippen LogP contribution in [0.4, 0.5) is 8.78 Å². The molecule has 0 radical (unpaired) electrons. The predicted molar refractivity (Wildman–Crippen MR) is 114 cm³/mol. The molecule has 4 nitrogen and oxygen atoms in total. The van der Waals surface area contributed by atoms with Crippen LogP contribution >= 0.6 is 0 Å². The van der Waals surface area contributed by atoms with Crippen molar-refractivity contribution in [3.63, 3.8) is 0 Å². The molecule has 0 bridgehead atoms. The van der Waals surface area contributed by atoms with E-state index in [1.165, 1.54) is 24.3 Å². The van der Waals surface area contributed by atoms with Gasteiger partial charge in [-0.3, -0.25) is 9.59 Å². The molecule has 0 aromatic heterocycles. The zero-order chi connectivity index (χ0) is 22.3. The lowest BCUT2D eigenvalue weighted by Gasteiger charge is -2.28. The van der Waals surface area contributed by atoms with E-state index in [1.807, 2.05) is 13.8 Å². The zero-order valence-electron chi connectivity index (χ0n) is 18.0. The summed E-state index contributed by atoms with van der Waals surface area (Å²) in [6, 6.07) is 12.3. The van der Waals surface area contributed by atoms with Gasteiger partial charge in [0, 0.05) is 31.5 Å². The van der Waals surface area contributed by atoms with Crippen LogP contribution in [0.25, 0.3) is 0 Å². The van der Waals surface area contributed by atoms with Gasteiger partial charge in [0.15, 0.2) is 0 Å². The van der Waals surface area contributed by atoms with Crippen LogP contribution in [0.5, 0.6) is 0 Å². The Morgan fingerprint density at radius 3 is 1.90 bits per heavy atom. The zero-order valence-corrected chi connectivity index (χ0v) is 18.0. The van der Waals surface area contributed by atoms with Crippen LogP contribution < -0.4 is 5.32 Å². The summed E-state index contributed by atoms with van der Waals surface area (Å²) >= 11 is 0. The fourth-order valence-electron chi connectivity index (χ4n) is 3.34. The van der Waals surface area contributed by atoms with Crippen molar-refractivity contribution in [3.8, 4) is 0 Å². The van der Waals surface area contributed by atoms with Crippen LogP contribution in [0.1, 0.15) is 31.9 Å². The van der Waals surface area contributed by atoms with Gasteiger partial charge >= 0.3 is 0 Å². The van der Waals surface area contributed by atoms with Gasteiger partial charge in [-0.1, -0.05) is 38.1 Å². The average molecular weight is 417 g/mol. The molecule has 0 spiro atoms. The lowest BCUT2D eigenvalue weighted by atomic mass is 9.99. The topological polar surface area (TPSA) is 49.4 Å². The predicted octanol–water partition coefficient (Wildman–Crippen LogP) is 3.99. The second-order valence-electron chi connectivity index (χ2n) is 8.01. The van der Waals surface area contributed by atoms with Crippen molar-refractivity contribution < 1.29 is 18.4 Å². The van der Waals surface area contributed by atoms with Gasteiger partial charge in [0.1, 0.15) is 11.6 Å². The van der Waals surface area contributed by atoms with E-state index in [4.69, 9.17) is 0 Å². The molecular formula is C24H30F2N2O2. The molecule has 3 atom stereocenters. The molecule has 1 N–H and O–H groups in total. The maximum atomic E-state index is 13.3. The number of carbonyl (C=O) groups is 2. The summed E-state index contributed by atoms with van der Waals surface area (Å²) in [6.07, 6.45) is 0.891. The summed E-state index contributed by atoms with van der Waals surface area (Å²) in [7, 11) is 1.71. The third kappa shape index (κ3) is 6.94. The summed E-state index contributed by atoms with van der Waals surface area (Å²) in [4.78, 5) is 26.7. The molecule has 0 aliphatic heterocycles. The number of halogens is 2. The molecule has 2 aromatic rings. The first kappa shape index (κ1) is 23.5. The van der Waals surface area contributed by atoms with Crippen LogP contribution in [0.15, 0.2) is 48.5 Å². The highest BCUT2D eigenvalue weighted by molar-refractivity contribution is 5.80. The molecule has 0 unspecified atom stereocenters. The quantitative estimate of drug-likeness (QED) is 0.672. The van der Waals surface area contributed by atoms with Crippen molar-refractivity contribution in [1.82, 2.24) is 10.2 Å². The van der Waals surface area contributed by atoms with Crippen molar-refractivity contribution in [2.75, 3.05) is 13.6 Å². The monoisotopic (exact) mass is 416 g/mol. The van der Waals surface area contributed by atoms with E-state index >= 15 is 0 Å². The number of carbonyl (C=O) groups excluding carboxylic acids is 2. The Kier molecular flexibility index (Phi) is 8.51. The molecule has 6 heteroatoms. The van der Waals surface area contributed by atoms with Crippen molar-refractivity contribution in [3.05, 3.63) is 71.3 Å². The first-order chi connectivity index (χ1) is 14.2. The summed E-state index contributed by atoms with van der Waals surface area (Å²) in [6.45, 7) is 5.79. The largest absolute Gasteiger partial charge is 0.354 e. The number of amides is 2. The fraction of sp³-hybridized carbons (Fsp3) is 0.417. The lowest BCUT2D eigenvalue weighted by Crippen LogP contribution is -2.46. The van der Waals surface area contributed by atoms with Crippen molar-refractivity contribution in [2.24, 2.45) is 11.8 Å². The van der Waals surface area contributed by atoms with E-state index in [2.05, 4.69) is 5.32 Å². The van der Waals surface area contributed by atoms with Crippen LogP contribution in [0, 0.1) is 23.5 Å². The van der Waals surface area contributed by atoms with Gasteiger partial charge in [0.2, 0.25) is 11.8 Å². The lowest BCUT2D eigenvalue weighted by molar-refractivity contribution is -0.136. The number of benzene rings is 2. The van der Waals surface area contributed by atoms with Crippen LogP contribution in [-0.4, -0.2) is 36.3 Å². The molecule has 2 amide bonds. The molecule has 2 rings (SSSR count). The minimum Gasteiger partial charge on any atom is -0.354 e. The molecule has 30 heavy (non-hydrogen) atoms. The highest BCUT2D eigenvalue weighted by Gasteiger charge is 2.23. The first-order valence-corrected chi connectivity index (χ1v) is 10.2. The molecule has 0 saturated heterocycles. The van der Waals surface area contributed by atoms with E-state index < -0.39 is 0 Å². The first-order valence-electron chi connectivity index (χ1n) is 10.2. The van der Waals surface area contributed by atoms with Gasteiger partial charge in [-0.15, -0.1) is 0 Å². The normalized spacial score (nSPS) is 13.9. The van der Waals surface area contributed by atoms with Gasteiger partial charge in [-0.25, -0.2) is 8.78 Å². The number of rotatable bonds is 9. The van der Waals surface area contributed by atoms with E-state index in [-0.39, 0.29) is 41.3 Å². The number of hydrogen-bond donors (Lipinski definition) is 1. The number of nitrogens with one attached hydrogen (secondary N) is 1. The van der Waals surface area contributed by atoms with Crippen LogP contribution in [0.2, 0.25) is 0 Å². The third-order valence-electron chi connectivity index (χ3n) is 5.31. The fourth-order valence-corrected chi connectivity index (χ4v) is 3.34. The van der Waals surface area contributed by atoms with Crippen LogP contribution in [0.3, 0.4) is 0 Å². The third-order valence-corrected chi connectivity index (χ3v) is 5.31. The summed E-state index contributed by atoms with van der Waals surface area (Å²) in [5.41, 5.74) is 1.54. The molecule has 0 saturated carbocycles. The Morgan fingerprint density at radius 2 is 1.40 bits per heavy atom. The minimum absolute atomic E-state index is 0.0613. The van der Waals surface area contributed by atoms with Crippen molar-refractivity contribution in [2.45, 2.75) is 39.7 Å². The molecule has 0 fully saturated rings. The van der Waals surface area contributed by atoms with Crippen molar-refractivity contribution in [1.29, 1.82) is 0 Å². The van der Waals surface area contributed by atoms with Gasteiger partial charge in [0.25, 0.3) is 0 Å². The maximum Gasteiger partial charge on any atom is 0.225 e. The summed E-state index contributed by atoms with van der Waals surface area (Å²) in [5, 5.41) is 2.87. The molecule has 0 aliphatic rings. The molecular weight excluding hydrogens is 386 g/mol. The molecule has 162 valence electrons. The van der Waals surface area contributed by atoms with Crippen molar-refractivity contribution >= 4 is 11.8 Å². The van der Waals surface area contributed by atoms with E-state index in [0.29, 0.717) is 19.4 Å². The number of hydrogen-bond acceptors (Lipinski definition) is 2. The second-order valence-corrected chi connectivity index (χ2v) is 8.01. The van der Waals surface area contributed by atoms with Gasteiger partial charge < -0.3 is 10.2 Å². The standard InChI is InChI=1S/C24H30F2N2O2/c1-16(11-19-7-5-9-21(25)13-19)23(29)27-15-18(3)28(4)24(30)17(2)12-20-8-6-10-22(26)14-20/h5-10,13-14,16-18H,11-12,15H2,1-4H3,(H,27,29)/t16-,17+,18+/m1/s1. The van der Waals surface area contributed by atoms with Gasteiger partial charge in [-0.2, -0.15) is 0 Å². The van der Waals surface area contributed by atoms with Gasteiger partial charge in [-0.05, 0) is 55.2 Å². The SMILES string of the molecule is C[C@H](Cc1cccc(F)c1)C(=O)NC[C@H](C)N(C)C(=O)[C@@H](C)Cc1cccc(F)c1. The number of likely N-dealkylation sites (N-methyl/N-ethyl adjacent to an activating group) is 1. The summed E-state index contributed by atoms with van der Waals surface area (Å²) in [5.74, 6) is -1.45. The molecule has 0 aliphatic carbocycles. The average Bonchev–Trinajstić information content (AvgIpc) is 2.70. The Labute approximate surface area is 177 Å². The van der Waals surface area contributed by atoms with E-state index in [0.717, 1.165) is 11.1 Å². The Bertz CT molecular complexity index is 872. The smallest absolute Gasteiger partial charge is 0.225 e. The Morgan fingerprint density at radius 1 is 0.900 bits per heavy atom. The highest BCUT2D eigenvalue weighted by atomic mass is 19.1. The van der Waals surface area contributed by atoms with Crippen LogP contribution in [-0.2, 0) is 22.4 Å². The Balaban J connectivity index is 1.82. The summed E-state index contributed by atoms with van der Waals surface area (Å²) < 4.78 is 26.7. The maximum absolute atomic E-state index is 13.3. The minimum atomic E-state index is -0.318. The second kappa shape index (κ2) is 10.9. The van der Waals surface area contributed by atoms with Gasteiger partial charge in [0.05, 0.1) is 0 Å².